The van der Waals surface area contributed by atoms with Crippen LogP contribution in [0.15, 0.2) is 36.0 Å². The average molecular weight is 204 g/mol. The van der Waals surface area contributed by atoms with Crippen LogP contribution in [0.5, 0.6) is 0 Å². The zero-order chi connectivity index (χ0) is 11.3. The third-order valence-corrected chi connectivity index (χ3v) is 1.64. The lowest BCUT2D eigenvalue weighted by molar-refractivity contribution is -0.299. The minimum Gasteiger partial charge on any atom is -0.543 e. The number of hydrogen-bond donors (Lipinski definition) is 1. The first-order chi connectivity index (χ1) is 7.09. The van der Waals surface area contributed by atoms with Crippen LogP contribution >= 0.6 is 0 Å². The molecule has 15 heavy (non-hydrogen) atoms. The number of carbonyl (C=O) groups excluding carboxylic acids is 2. The summed E-state index contributed by atoms with van der Waals surface area (Å²) >= 11 is 0. The lowest BCUT2D eigenvalue weighted by Gasteiger charge is -2.08. The quantitative estimate of drug-likeness (QED) is 0.700. The smallest absolute Gasteiger partial charge is 0.221 e. The summed E-state index contributed by atoms with van der Waals surface area (Å²) in [6.45, 7) is 1.24. The van der Waals surface area contributed by atoms with Gasteiger partial charge in [-0.15, -0.1) is 0 Å². The van der Waals surface area contributed by atoms with Crippen LogP contribution in [0.1, 0.15) is 12.5 Å². The van der Waals surface area contributed by atoms with Gasteiger partial charge in [-0.25, -0.2) is 0 Å². The lowest BCUT2D eigenvalue weighted by atomic mass is 10.2. The number of hydrogen-bond acceptors (Lipinski definition) is 3. The van der Waals surface area contributed by atoms with Gasteiger partial charge in [-0.2, -0.15) is 0 Å². The van der Waals surface area contributed by atoms with Crippen molar-refractivity contribution in [1.29, 1.82) is 0 Å². The van der Waals surface area contributed by atoms with Gasteiger partial charge < -0.3 is 15.2 Å². The van der Waals surface area contributed by atoms with Gasteiger partial charge in [-0.05, 0) is 11.6 Å². The van der Waals surface area contributed by atoms with E-state index in [4.69, 9.17) is 0 Å². The van der Waals surface area contributed by atoms with Crippen molar-refractivity contribution in [3.63, 3.8) is 0 Å². The molecule has 0 saturated heterocycles. The second-order valence-corrected chi connectivity index (χ2v) is 2.94. The Labute approximate surface area is 87.2 Å². The maximum absolute atomic E-state index is 10.7. The van der Waals surface area contributed by atoms with E-state index in [-0.39, 0.29) is 5.70 Å². The number of rotatable bonds is 3. The number of carboxylic acids is 1. The molecule has 1 amide bonds. The highest BCUT2D eigenvalue weighted by molar-refractivity contribution is 5.95. The zero-order valence-electron chi connectivity index (χ0n) is 8.19. The lowest BCUT2D eigenvalue weighted by Crippen LogP contribution is -2.34. The fraction of sp³-hybridized carbons (Fsp3) is 0.0909. The molecular formula is C11H10NO3-. The van der Waals surface area contributed by atoms with Crippen molar-refractivity contribution in [3.8, 4) is 0 Å². The topological polar surface area (TPSA) is 69.2 Å². The van der Waals surface area contributed by atoms with Gasteiger partial charge >= 0.3 is 0 Å². The Morgan fingerprint density at radius 2 is 1.87 bits per heavy atom. The minimum atomic E-state index is -1.41. The first-order valence-corrected chi connectivity index (χ1v) is 4.35. The summed E-state index contributed by atoms with van der Waals surface area (Å²) in [6.07, 6.45) is 1.34. The van der Waals surface area contributed by atoms with Crippen molar-refractivity contribution in [2.24, 2.45) is 0 Å². The van der Waals surface area contributed by atoms with E-state index in [0.29, 0.717) is 5.56 Å². The highest BCUT2D eigenvalue weighted by Gasteiger charge is 2.00. The van der Waals surface area contributed by atoms with Crippen molar-refractivity contribution < 1.29 is 14.7 Å². The van der Waals surface area contributed by atoms with E-state index in [1.54, 1.807) is 24.3 Å². The van der Waals surface area contributed by atoms with Crippen LogP contribution in [0.2, 0.25) is 0 Å². The van der Waals surface area contributed by atoms with E-state index >= 15 is 0 Å². The van der Waals surface area contributed by atoms with Gasteiger partial charge in [0.15, 0.2) is 0 Å². The third-order valence-electron chi connectivity index (χ3n) is 1.64. The Morgan fingerprint density at radius 3 is 2.33 bits per heavy atom. The summed E-state index contributed by atoms with van der Waals surface area (Å²) in [6, 6.07) is 8.81. The van der Waals surface area contributed by atoms with Crippen molar-refractivity contribution in [1.82, 2.24) is 5.32 Å². The van der Waals surface area contributed by atoms with Gasteiger partial charge in [0.2, 0.25) is 5.91 Å². The summed E-state index contributed by atoms with van der Waals surface area (Å²) in [5, 5.41) is 12.8. The van der Waals surface area contributed by atoms with E-state index in [0.717, 1.165) is 0 Å². The summed E-state index contributed by atoms with van der Waals surface area (Å²) in [7, 11) is 0. The Hall–Kier alpha value is -2.10. The van der Waals surface area contributed by atoms with Gasteiger partial charge in [0.1, 0.15) is 0 Å². The van der Waals surface area contributed by atoms with Gasteiger partial charge in [0.25, 0.3) is 0 Å². The molecule has 4 heteroatoms. The van der Waals surface area contributed by atoms with E-state index in [1.807, 2.05) is 6.07 Å². The minimum absolute atomic E-state index is 0.242. The summed E-state index contributed by atoms with van der Waals surface area (Å²) in [4.78, 5) is 21.4. The largest absolute Gasteiger partial charge is 0.543 e. The second kappa shape index (κ2) is 4.95. The molecule has 1 aromatic rings. The van der Waals surface area contributed by atoms with Crippen LogP contribution in [0.3, 0.4) is 0 Å². The molecule has 4 nitrogen and oxygen atoms in total. The number of carbonyl (C=O) groups is 2. The molecule has 0 saturated carbocycles. The van der Waals surface area contributed by atoms with Crippen molar-refractivity contribution >= 4 is 18.0 Å². The number of amides is 1. The number of carboxylic acid groups (broad SMARTS) is 1. The van der Waals surface area contributed by atoms with Crippen LogP contribution in [0, 0.1) is 0 Å². The highest BCUT2D eigenvalue weighted by atomic mass is 16.4. The Balaban J connectivity index is 2.94. The molecule has 0 aromatic heterocycles. The molecule has 0 aliphatic rings. The molecule has 0 fully saturated rings. The van der Waals surface area contributed by atoms with Crippen molar-refractivity contribution in [2.45, 2.75) is 6.92 Å². The second-order valence-electron chi connectivity index (χ2n) is 2.94. The van der Waals surface area contributed by atoms with Crippen LogP contribution in [0.4, 0.5) is 0 Å². The first kappa shape index (κ1) is 11.0. The zero-order valence-corrected chi connectivity index (χ0v) is 8.19. The SMILES string of the molecule is CC(=O)N/C(=C/c1ccccc1)C(=O)[O-]. The summed E-state index contributed by atoms with van der Waals surface area (Å²) in [5.74, 6) is -1.85. The first-order valence-electron chi connectivity index (χ1n) is 4.35. The average Bonchev–Trinajstić information content (AvgIpc) is 2.17. The van der Waals surface area contributed by atoms with Crippen molar-refractivity contribution in [2.75, 3.05) is 0 Å². The van der Waals surface area contributed by atoms with E-state index in [1.165, 1.54) is 13.0 Å². The van der Waals surface area contributed by atoms with Crippen LogP contribution in [-0.2, 0) is 9.59 Å². The standard InChI is InChI=1S/C11H11NO3/c1-8(13)12-10(11(14)15)7-9-5-3-2-4-6-9/h2-7H,1H3,(H,12,13)(H,14,15)/p-1/b10-7+. The van der Waals surface area contributed by atoms with Gasteiger partial charge in [0, 0.05) is 6.92 Å². The predicted octanol–water partition coefficient (Wildman–Crippen LogP) is -0.0865. The molecule has 0 spiro atoms. The number of benzene rings is 1. The molecule has 0 atom stereocenters. The molecule has 0 aliphatic heterocycles. The fourth-order valence-electron chi connectivity index (χ4n) is 1.05. The molecule has 1 N–H and O–H groups in total. The highest BCUT2D eigenvalue weighted by Crippen LogP contribution is 2.04. The Kier molecular flexibility index (Phi) is 3.62. The van der Waals surface area contributed by atoms with E-state index in [9.17, 15) is 14.7 Å². The van der Waals surface area contributed by atoms with Crippen LogP contribution in [-0.4, -0.2) is 11.9 Å². The molecule has 0 bridgehead atoms. The fourth-order valence-corrected chi connectivity index (χ4v) is 1.05. The monoisotopic (exact) mass is 204 g/mol. The molecule has 0 unspecified atom stereocenters. The molecule has 1 aromatic carbocycles. The summed E-state index contributed by atoms with van der Waals surface area (Å²) in [5.41, 5.74) is 0.444. The molecule has 0 heterocycles. The summed E-state index contributed by atoms with van der Waals surface area (Å²) < 4.78 is 0. The van der Waals surface area contributed by atoms with E-state index < -0.39 is 11.9 Å². The number of nitrogens with one attached hydrogen (secondary N) is 1. The van der Waals surface area contributed by atoms with Crippen LogP contribution < -0.4 is 10.4 Å². The van der Waals surface area contributed by atoms with E-state index in [2.05, 4.69) is 5.32 Å². The van der Waals surface area contributed by atoms with Crippen molar-refractivity contribution in [3.05, 3.63) is 41.6 Å². The molecule has 1 rings (SSSR count). The molecule has 78 valence electrons. The maximum Gasteiger partial charge on any atom is 0.221 e. The molecule has 0 aliphatic carbocycles. The predicted molar refractivity (Wildman–Crippen MR) is 53.2 cm³/mol. The van der Waals surface area contributed by atoms with Gasteiger partial charge in [-0.1, -0.05) is 30.3 Å². The third kappa shape index (κ3) is 3.64. The normalized spacial score (nSPS) is 10.9. The van der Waals surface area contributed by atoms with Gasteiger partial charge in [-0.3, -0.25) is 4.79 Å². The van der Waals surface area contributed by atoms with Crippen LogP contribution in [0.25, 0.3) is 6.08 Å². The molecular weight excluding hydrogens is 194 g/mol. The number of aliphatic carboxylic acids is 1. The Bertz CT molecular complexity index is 396. The van der Waals surface area contributed by atoms with Gasteiger partial charge in [0.05, 0.1) is 11.7 Å². The molecule has 0 radical (unpaired) electrons. The maximum atomic E-state index is 10.7. The Morgan fingerprint density at radius 1 is 1.27 bits per heavy atom.